The van der Waals surface area contributed by atoms with Crippen molar-refractivity contribution >= 4 is 5.91 Å². The van der Waals surface area contributed by atoms with Crippen molar-refractivity contribution in [3.8, 4) is 0 Å². The number of aryl methyl sites for hydroxylation is 2. The Balaban J connectivity index is 1.64. The molecule has 1 amide bonds. The predicted octanol–water partition coefficient (Wildman–Crippen LogP) is 2.01. The first-order valence-electron chi connectivity index (χ1n) is 10.2. The quantitative estimate of drug-likeness (QED) is 0.788. The molecule has 2 aromatic rings. The summed E-state index contributed by atoms with van der Waals surface area (Å²) in [4.78, 5) is 26.5. The van der Waals surface area contributed by atoms with Gasteiger partial charge in [0.25, 0.3) is 5.91 Å². The van der Waals surface area contributed by atoms with Gasteiger partial charge in [0.05, 0.1) is 32.0 Å². The van der Waals surface area contributed by atoms with Crippen molar-refractivity contribution in [3.05, 3.63) is 59.2 Å². The monoisotopic (exact) mass is 396 g/mol. The van der Waals surface area contributed by atoms with E-state index < -0.39 is 0 Å². The van der Waals surface area contributed by atoms with Crippen LogP contribution >= 0.6 is 0 Å². The zero-order chi connectivity index (χ0) is 20.2. The Kier molecular flexibility index (Phi) is 6.18. The molecule has 2 saturated heterocycles. The van der Waals surface area contributed by atoms with Gasteiger partial charge in [-0.3, -0.25) is 19.7 Å². The first-order chi connectivity index (χ1) is 14.1. The molecule has 0 unspecified atom stereocenters. The highest BCUT2D eigenvalue weighted by atomic mass is 16.5. The lowest BCUT2D eigenvalue weighted by molar-refractivity contribution is -0.0819. The van der Waals surface area contributed by atoms with Crippen LogP contribution in [0.25, 0.3) is 0 Å². The number of rotatable bonds is 4. The number of hydrogen-bond acceptors (Lipinski definition) is 6. The Morgan fingerprint density at radius 1 is 1.14 bits per heavy atom. The van der Waals surface area contributed by atoms with E-state index in [1.165, 1.54) is 0 Å². The second kappa shape index (κ2) is 8.98. The minimum Gasteiger partial charge on any atom is -0.379 e. The van der Waals surface area contributed by atoms with E-state index in [4.69, 9.17) is 9.47 Å². The number of carbonyl (C=O) groups is 1. The fraction of sp³-hybridized carbons (Fsp3) is 0.500. The van der Waals surface area contributed by atoms with Crippen LogP contribution in [0.2, 0.25) is 0 Å². The van der Waals surface area contributed by atoms with Crippen molar-refractivity contribution in [3.63, 3.8) is 0 Å². The standard InChI is InChI=1S/C22H28N4O3/c1-16-12-19(13-17(2)24-16)22(27)26-8-11-29-20(15-25-6-9-28-10-7-25)21(26)18-4-3-5-23-14-18/h3-5,12-14,20-21H,6-11,15H2,1-2H3/t20-,21-/m0/s1. The summed E-state index contributed by atoms with van der Waals surface area (Å²) < 4.78 is 11.7. The Labute approximate surface area is 171 Å². The molecule has 2 aromatic heterocycles. The summed E-state index contributed by atoms with van der Waals surface area (Å²) in [6.45, 7) is 8.93. The van der Waals surface area contributed by atoms with Crippen LogP contribution in [0.3, 0.4) is 0 Å². The molecule has 2 aliphatic rings. The molecule has 0 aliphatic carbocycles. The number of amides is 1. The molecule has 0 N–H and O–H groups in total. The highest BCUT2D eigenvalue weighted by Gasteiger charge is 2.38. The number of ether oxygens (including phenoxy) is 2. The number of carbonyl (C=O) groups excluding carboxylic acids is 1. The topological polar surface area (TPSA) is 67.8 Å². The molecule has 0 radical (unpaired) electrons. The molecule has 2 fully saturated rings. The van der Waals surface area contributed by atoms with Crippen LogP contribution in [0, 0.1) is 13.8 Å². The minimum atomic E-state index is -0.179. The van der Waals surface area contributed by atoms with Gasteiger partial charge in [0.1, 0.15) is 0 Å². The van der Waals surface area contributed by atoms with Crippen LogP contribution in [0.4, 0.5) is 0 Å². The maximum Gasteiger partial charge on any atom is 0.254 e. The highest BCUT2D eigenvalue weighted by Crippen LogP contribution is 2.31. The highest BCUT2D eigenvalue weighted by molar-refractivity contribution is 5.94. The molecule has 29 heavy (non-hydrogen) atoms. The summed E-state index contributed by atoms with van der Waals surface area (Å²) >= 11 is 0. The lowest BCUT2D eigenvalue weighted by Crippen LogP contribution is -2.53. The number of pyridine rings is 2. The van der Waals surface area contributed by atoms with Gasteiger partial charge in [0, 0.05) is 55.5 Å². The average Bonchev–Trinajstić information content (AvgIpc) is 2.74. The van der Waals surface area contributed by atoms with Crippen molar-refractivity contribution in [1.82, 2.24) is 19.8 Å². The fourth-order valence-electron chi connectivity index (χ4n) is 4.22. The molecule has 0 saturated carbocycles. The van der Waals surface area contributed by atoms with Gasteiger partial charge < -0.3 is 14.4 Å². The van der Waals surface area contributed by atoms with Gasteiger partial charge in [-0.2, -0.15) is 0 Å². The largest absolute Gasteiger partial charge is 0.379 e. The molecule has 0 spiro atoms. The Bertz CT molecular complexity index is 819. The zero-order valence-corrected chi connectivity index (χ0v) is 17.1. The second-order valence-electron chi connectivity index (χ2n) is 7.69. The van der Waals surface area contributed by atoms with Gasteiger partial charge >= 0.3 is 0 Å². The maximum absolute atomic E-state index is 13.5. The molecule has 154 valence electrons. The van der Waals surface area contributed by atoms with Crippen molar-refractivity contribution in [1.29, 1.82) is 0 Å². The smallest absolute Gasteiger partial charge is 0.254 e. The van der Waals surface area contributed by atoms with E-state index in [1.54, 1.807) is 6.20 Å². The van der Waals surface area contributed by atoms with Crippen molar-refractivity contribution < 1.29 is 14.3 Å². The molecule has 0 aromatic carbocycles. The summed E-state index contributed by atoms with van der Waals surface area (Å²) in [5.74, 6) is 0.0164. The molecule has 7 heteroatoms. The lowest BCUT2D eigenvalue weighted by atomic mass is 9.97. The van der Waals surface area contributed by atoms with Gasteiger partial charge in [0.2, 0.25) is 0 Å². The third kappa shape index (κ3) is 4.63. The summed E-state index contributed by atoms with van der Waals surface area (Å²) in [6.07, 6.45) is 3.49. The normalized spacial score (nSPS) is 23.2. The third-order valence-electron chi connectivity index (χ3n) is 5.51. The Hall–Kier alpha value is -2.35. The first kappa shape index (κ1) is 19.9. The van der Waals surface area contributed by atoms with E-state index in [0.29, 0.717) is 18.7 Å². The molecule has 2 atom stereocenters. The van der Waals surface area contributed by atoms with E-state index in [0.717, 1.165) is 49.8 Å². The number of morpholine rings is 2. The van der Waals surface area contributed by atoms with Gasteiger partial charge in [-0.25, -0.2) is 0 Å². The molecule has 4 rings (SSSR count). The second-order valence-corrected chi connectivity index (χ2v) is 7.69. The number of hydrogen-bond donors (Lipinski definition) is 0. The Morgan fingerprint density at radius 2 is 1.90 bits per heavy atom. The van der Waals surface area contributed by atoms with Crippen LogP contribution in [0.15, 0.2) is 36.7 Å². The van der Waals surface area contributed by atoms with E-state index in [2.05, 4.69) is 14.9 Å². The third-order valence-corrected chi connectivity index (χ3v) is 5.51. The summed E-state index contributed by atoms with van der Waals surface area (Å²) in [5.41, 5.74) is 3.38. The number of aromatic nitrogens is 2. The van der Waals surface area contributed by atoms with E-state index >= 15 is 0 Å². The van der Waals surface area contributed by atoms with Crippen LogP contribution in [0.5, 0.6) is 0 Å². The predicted molar refractivity (Wildman–Crippen MR) is 109 cm³/mol. The van der Waals surface area contributed by atoms with Crippen molar-refractivity contribution in [2.75, 3.05) is 46.0 Å². The average molecular weight is 396 g/mol. The molecule has 2 aliphatic heterocycles. The molecule has 4 heterocycles. The van der Waals surface area contributed by atoms with Crippen LogP contribution in [0.1, 0.15) is 33.4 Å². The van der Waals surface area contributed by atoms with E-state index in [1.807, 2.05) is 49.2 Å². The molecular formula is C22H28N4O3. The molecule has 0 bridgehead atoms. The van der Waals surface area contributed by atoms with Crippen LogP contribution < -0.4 is 0 Å². The van der Waals surface area contributed by atoms with Gasteiger partial charge in [-0.15, -0.1) is 0 Å². The van der Waals surface area contributed by atoms with Crippen LogP contribution in [-0.2, 0) is 9.47 Å². The summed E-state index contributed by atoms with van der Waals surface area (Å²) in [6, 6.07) is 7.49. The number of nitrogens with zero attached hydrogens (tertiary/aromatic N) is 4. The first-order valence-corrected chi connectivity index (χ1v) is 10.2. The summed E-state index contributed by atoms with van der Waals surface area (Å²) in [5, 5.41) is 0. The minimum absolute atomic E-state index is 0.0164. The van der Waals surface area contributed by atoms with Gasteiger partial charge in [-0.1, -0.05) is 6.07 Å². The van der Waals surface area contributed by atoms with E-state index in [-0.39, 0.29) is 18.1 Å². The van der Waals surface area contributed by atoms with Gasteiger partial charge in [0.15, 0.2) is 0 Å². The van der Waals surface area contributed by atoms with Crippen molar-refractivity contribution in [2.45, 2.75) is 26.0 Å². The van der Waals surface area contributed by atoms with Crippen LogP contribution in [-0.4, -0.2) is 77.8 Å². The van der Waals surface area contributed by atoms with Gasteiger partial charge in [-0.05, 0) is 37.6 Å². The lowest BCUT2D eigenvalue weighted by Gasteiger charge is -2.43. The van der Waals surface area contributed by atoms with Crippen molar-refractivity contribution in [2.24, 2.45) is 0 Å². The molecular weight excluding hydrogens is 368 g/mol. The molecule has 7 nitrogen and oxygen atoms in total. The summed E-state index contributed by atoms with van der Waals surface area (Å²) in [7, 11) is 0. The zero-order valence-electron chi connectivity index (χ0n) is 17.1. The maximum atomic E-state index is 13.5. The SMILES string of the molecule is Cc1cc(C(=O)N2CCO[C@@H](CN3CCOCC3)[C@@H]2c2cccnc2)cc(C)n1. The van der Waals surface area contributed by atoms with E-state index in [9.17, 15) is 4.79 Å². The Morgan fingerprint density at radius 3 is 2.59 bits per heavy atom. The fourth-order valence-corrected chi connectivity index (χ4v) is 4.22.